The van der Waals surface area contributed by atoms with E-state index in [9.17, 15) is 0 Å². The minimum absolute atomic E-state index is 1.09. The van der Waals surface area contributed by atoms with Gasteiger partial charge in [0.05, 0.1) is 0 Å². The Balaban J connectivity index is 0.000000199. The molecular formula is C96H78N2. The van der Waals surface area contributed by atoms with Crippen molar-refractivity contribution in [2.75, 3.05) is 9.80 Å². The van der Waals surface area contributed by atoms with E-state index in [1.807, 2.05) is 60.7 Å². The van der Waals surface area contributed by atoms with Gasteiger partial charge in [0.1, 0.15) is 0 Å². The van der Waals surface area contributed by atoms with Crippen LogP contribution in [0.5, 0.6) is 0 Å². The first-order valence-electron chi connectivity index (χ1n) is 33.2. The molecule has 0 radical (unpaired) electrons. The molecule has 2 nitrogen and oxygen atoms in total. The highest BCUT2D eigenvalue weighted by Crippen LogP contribution is 2.37. The quantitative estimate of drug-likeness (QED) is 0.0439. The van der Waals surface area contributed by atoms with Crippen LogP contribution in [-0.4, -0.2) is 0 Å². The first-order chi connectivity index (χ1) is 48.6. The van der Waals surface area contributed by atoms with Crippen LogP contribution in [0.15, 0.2) is 400 Å². The van der Waals surface area contributed by atoms with Crippen LogP contribution in [0.1, 0.15) is 66.8 Å². The number of anilines is 6. The second-order valence-corrected chi connectivity index (χ2v) is 23.0. The molecular weight excluding hydrogens is 1180 g/mol. The van der Waals surface area contributed by atoms with Crippen molar-refractivity contribution in [2.24, 2.45) is 0 Å². The molecule has 0 saturated heterocycles. The molecule has 12 rings (SSSR count). The number of nitrogens with zero attached hydrogens (tertiary/aromatic N) is 2. The minimum Gasteiger partial charge on any atom is -0.311 e. The Morgan fingerprint density at radius 3 is 0.398 bits per heavy atom. The molecule has 12 aromatic rings. The van der Waals surface area contributed by atoms with Crippen molar-refractivity contribution in [3.05, 3.63) is 467 Å². The highest BCUT2D eigenvalue weighted by atomic mass is 15.1. The summed E-state index contributed by atoms with van der Waals surface area (Å²) >= 11 is 0. The lowest BCUT2D eigenvalue weighted by Gasteiger charge is -2.26. The first kappa shape index (κ1) is 66.6. The lowest BCUT2D eigenvalue weighted by Crippen LogP contribution is -2.09. The third-order valence-corrected chi connectivity index (χ3v) is 15.8. The molecule has 0 amide bonds. The van der Waals surface area contributed by atoms with Crippen LogP contribution in [0.25, 0.3) is 72.9 Å². The molecule has 0 fully saturated rings. The van der Waals surface area contributed by atoms with Gasteiger partial charge in [0, 0.05) is 34.1 Å². The topological polar surface area (TPSA) is 6.48 Å². The van der Waals surface area contributed by atoms with Gasteiger partial charge in [-0.1, -0.05) is 401 Å². The van der Waals surface area contributed by atoms with Gasteiger partial charge in [-0.15, -0.1) is 0 Å². The number of hydrogen-bond acceptors (Lipinski definition) is 2. The molecule has 0 aliphatic rings. The van der Waals surface area contributed by atoms with Crippen LogP contribution in [0.3, 0.4) is 0 Å². The van der Waals surface area contributed by atoms with Crippen LogP contribution in [-0.2, 0) is 0 Å². The fourth-order valence-corrected chi connectivity index (χ4v) is 10.7. The summed E-state index contributed by atoms with van der Waals surface area (Å²) in [7, 11) is 0. The van der Waals surface area contributed by atoms with E-state index in [4.69, 9.17) is 0 Å². The van der Waals surface area contributed by atoms with Crippen molar-refractivity contribution < 1.29 is 0 Å². The third kappa shape index (κ3) is 21.6. The predicted molar refractivity (Wildman–Crippen MR) is 429 cm³/mol. The van der Waals surface area contributed by atoms with E-state index >= 15 is 0 Å². The van der Waals surface area contributed by atoms with E-state index in [1.165, 1.54) is 33.4 Å². The van der Waals surface area contributed by atoms with E-state index < -0.39 is 0 Å². The maximum Gasteiger partial charge on any atom is 0.0462 e. The Labute approximate surface area is 580 Å². The van der Waals surface area contributed by atoms with Crippen molar-refractivity contribution in [1.82, 2.24) is 0 Å². The van der Waals surface area contributed by atoms with Gasteiger partial charge in [0.25, 0.3) is 0 Å². The summed E-state index contributed by atoms with van der Waals surface area (Å²) in [5.41, 5.74) is 20.6. The molecule has 0 atom stereocenters. The normalized spacial score (nSPS) is 12.0. The first-order valence-corrected chi connectivity index (χ1v) is 33.2. The van der Waals surface area contributed by atoms with Crippen LogP contribution in [0, 0.1) is 0 Å². The summed E-state index contributed by atoms with van der Waals surface area (Å²) in [6.45, 7) is 0. The summed E-state index contributed by atoms with van der Waals surface area (Å²) in [6, 6.07) is 114. The van der Waals surface area contributed by atoms with Crippen molar-refractivity contribution in [3.63, 3.8) is 0 Å². The Kier molecular flexibility index (Phi) is 25.2. The standard InChI is InChI=1S/C50H41N.C46H37N/c1(6-18-42-19-8-3-9-20-42)2-7-25-45-30-36-48(37-31-45)51(49-38-32-46(33-39-49)28-16-14-26-43-21-10-4-11-22-43)50-40-34-47(35-41-50)29-17-15-27-44-23-12-5-13-24-44;1(6-14-38-15-8-3-9-16-38)2-7-21-41-26-32-44(33-27-41)47(45-34-28-42(29-35-45)24-22-39-17-10-4-11-18-39)46-36-30-43(31-37-46)25-23-40-19-12-5-13-20-40/h1-41H;1-37H/b2-1+,18-6+,25-7+,26-14+,27-15+,28-16+,29-17+;2-1+,14-6+,21-7+,24-22+,25-23+. The zero-order chi connectivity index (χ0) is 66.7. The second-order valence-electron chi connectivity index (χ2n) is 23.0. The molecule has 0 unspecified atom stereocenters. The third-order valence-electron chi connectivity index (χ3n) is 15.8. The van der Waals surface area contributed by atoms with E-state index in [-0.39, 0.29) is 0 Å². The summed E-state index contributed by atoms with van der Waals surface area (Å²) < 4.78 is 0. The molecule has 2 heteroatoms. The molecule has 472 valence electrons. The zero-order valence-corrected chi connectivity index (χ0v) is 54.9. The van der Waals surface area contributed by atoms with Crippen LogP contribution < -0.4 is 9.80 Å². The lowest BCUT2D eigenvalue weighted by atomic mass is 10.1. The Morgan fingerprint density at radius 2 is 0.235 bits per heavy atom. The summed E-state index contributed by atoms with van der Waals surface area (Å²) in [5.74, 6) is 0. The van der Waals surface area contributed by atoms with Crippen LogP contribution >= 0.6 is 0 Å². The fourth-order valence-electron chi connectivity index (χ4n) is 10.7. The molecule has 98 heavy (non-hydrogen) atoms. The number of allylic oxidation sites excluding steroid dienone is 12. The van der Waals surface area contributed by atoms with Crippen LogP contribution in [0.4, 0.5) is 34.1 Å². The molecule has 0 aromatic heterocycles. The van der Waals surface area contributed by atoms with Crippen molar-refractivity contribution in [1.29, 1.82) is 0 Å². The van der Waals surface area contributed by atoms with E-state index in [0.29, 0.717) is 0 Å². The van der Waals surface area contributed by atoms with Gasteiger partial charge >= 0.3 is 0 Å². The smallest absolute Gasteiger partial charge is 0.0462 e. The lowest BCUT2D eigenvalue weighted by molar-refractivity contribution is 1.28. The number of rotatable bonds is 24. The van der Waals surface area contributed by atoms with E-state index in [0.717, 1.165) is 67.5 Å². The predicted octanol–water partition coefficient (Wildman–Crippen LogP) is 26.7. The van der Waals surface area contributed by atoms with E-state index in [1.54, 1.807) is 0 Å². The van der Waals surface area contributed by atoms with E-state index in [2.05, 4.69) is 423 Å². The largest absolute Gasteiger partial charge is 0.311 e. The second kappa shape index (κ2) is 37.1. The average Bonchev–Trinajstić information content (AvgIpc) is 0.819. The maximum atomic E-state index is 2.30. The average molecular weight is 1260 g/mol. The minimum atomic E-state index is 1.09. The Bertz CT molecular complexity index is 4510. The van der Waals surface area contributed by atoms with Gasteiger partial charge in [0.2, 0.25) is 0 Å². The maximum absolute atomic E-state index is 2.30. The molecule has 0 aliphatic heterocycles. The number of benzene rings is 12. The van der Waals surface area contributed by atoms with Gasteiger partial charge in [0.15, 0.2) is 0 Å². The Hall–Kier alpha value is -12.9. The van der Waals surface area contributed by atoms with Crippen molar-refractivity contribution in [3.8, 4) is 0 Å². The monoisotopic (exact) mass is 1260 g/mol. The summed E-state index contributed by atoms with van der Waals surface area (Å²) in [6.07, 6.45) is 50.4. The van der Waals surface area contributed by atoms with Gasteiger partial charge in [-0.25, -0.2) is 0 Å². The molecule has 0 aliphatic carbocycles. The van der Waals surface area contributed by atoms with Gasteiger partial charge < -0.3 is 9.80 Å². The summed E-state index contributed by atoms with van der Waals surface area (Å²) in [4.78, 5) is 4.60. The molecule has 0 N–H and O–H groups in total. The molecule has 0 bridgehead atoms. The van der Waals surface area contributed by atoms with Crippen molar-refractivity contribution >= 4 is 107 Å². The molecule has 0 spiro atoms. The van der Waals surface area contributed by atoms with Gasteiger partial charge in [-0.2, -0.15) is 0 Å². The number of hydrogen-bond donors (Lipinski definition) is 0. The highest BCUT2D eigenvalue weighted by Gasteiger charge is 2.14. The summed E-state index contributed by atoms with van der Waals surface area (Å²) in [5, 5.41) is 0. The molecule has 0 heterocycles. The Morgan fingerprint density at radius 1 is 0.112 bits per heavy atom. The molecule has 0 saturated carbocycles. The SMILES string of the molecule is C(=C\C=C\c1ccc(N(c2ccc(/C=C/C=C/c3ccccc3)cc2)c2ccc(/C=C/C=C/c3ccccc3)cc2)cc1)/C=C/c1ccccc1.C(=C\C=C\c1ccc(N(c2ccc(/C=C/c3ccccc3)cc2)c2ccc(/C=C/c3ccccc3)cc2)cc1)/C=C/c1ccccc1. The van der Waals surface area contributed by atoms with Gasteiger partial charge in [-0.05, 0) is 140 Å². The fraction of sp³-hybridized carbons (Fsp3) is 0. The van der Waals surface area contributed by atoms with Crippen molar-refractivity contribution in [2.45, 2.75) is 0 Å². The zero-order valence-electron chi connectivity index (χ0n) is 54.9. The highest BCUT2D eigenvalue weighted by molar-refractivity contribution is 5.82. The molecule has 12 aromatic carbocycles. The van der Waals surface area contributed by atoms with Crippen LogP contribution in [0.2, 0.25) is 0 Å². The van der Waals surface area contributed by atoms with Gasteiger partial charge in [-0.3, -0.25) is 0 Å².